The summed E-state index contributed by atoms with van der Waals surface area (Å²) in [7, 11) is 0. The standard InChI is InChI=1S/C29H30N6O2.C2H6/c30-26(20-15-17-22(18-16-20)32-21-11-5-2-6-12-21)37-29(31)35-27-28(36)33-24-14-8-7-13-23(24)25(34-27)19-9-3-1-4-10-19;1-2/h1,3-4,7-10,13-18,21,27,30,32H,2,5-6,11-12H2,(H2,31,35)(H,33,36);1-2H3. The highest BCUT2D eigenvalue weighted by Gasteiger charge is 2.26. The number of nitrogens with two attached hydrogens (primary N) is 1. The molecule has 5 rings (SSSR count). The Labute approximate surface area is 229 Å². The van der Waals surface area contributed by atoms with Crippen molar-refractivity contribution >= 4 is 34.9 Å². The van der Waals surface area contributed by atoms with Gasteiger partial charge < -0.3 is 21.1 Å². The molecule has 1 unspecified atom stereocenters. The summed E-state index contributed by atoms with van der Waals surface area (Å²) < 4.78 is 5.48. The molecule has 1 fully saturated rings. The second-order valence-corrected chi connectivity index (χ2v) is 9.21. The van der Waals surface area contributed by atoms with Crippen molar-refractivity contribution in [1.82, 2.24) is 0 Å². The molecule has 1 atom stereocenters. The van der Waals surface area contributed by atoms with Crippen molar-refractivity contribution in [2.24, 2.45) is 15.7 Å². The van der Waals surface area contributed by atoms with E-state index in [0.717, 1.165) is 16.8 Å². The quantitative estimate of drug-likeness (QED) is 0.244. The minimum absolute atomic E-state index is 0.157. The molecule has 8 nitrogen and oxygen atoms in total. The second-order valence-electron chi connectivity index (χ2n) is 9.21. The van der Waals surface area contributed by atoms with Gasteiger partial charge in [0.1, 0.15) is 0 Å². The Morgan fingerprint density at radius 3 is 2.36 bits per heavy atom. The number of carbonyl (C=O) groups excluding carboxylic acids is 1. The SMILES string of the molecule is CC.N=C(O/C(N)=N/C1N=C(c2ccccc2)c2ccccc2NC1=O)c1ccc(NC2CCCCC2)cc1. The van der Waals surface area contributed by atoms with Crippen LogP contribution in [-0.4, -0.2) is 35.7 Å². The average Bonchev–Trinajstić information content (AvgIpc) is 3.11. The number of amides is 1. The van der Waals surface area contributed by atoms with Crippen molar-refractivity contribution in [3.63, 3.8) is 0 Å². The van der Waals surface area contributed by atoms with Gasteiger partial charge in [-0.3, -0.25) is 10.2 Å². The minimum atomic E-state index is -1.17. The van der Waals surface area contributed by atoms with Gasteiger partial charge in [0, 0.05) is 28.4 Å². The highest BCUT2D eigenvalue weighted by Crippen LogP contribution is 2.25. The van der Waals surface area contributed by atoms with E-state index in [-0.39, 0.29) is 11.9 Å². The zero-order chi connectivity index (χ0) is 27.6. The van der Waals surface area contributed by atoms with Gasteiger partial charge in [0.2, 0.25) is 12.1 Å². The molecule has 202 valence electrons. The van der Waals surface area contributed by atoms with Crippen LogP contribution in [0.3, 0.4) is 0 Å². The number of carbonyl (C=O) groups is 1. The molecule has 1 amide bonds. The van der Waals surface area contributed by atoms with Crippen molar-refractivity contribution in [3.05, 3.63) is 95.6 Å². The molecule has 5 N–H and O–H groups in total. The molecule has 3 aromatic rings. The predicted octanol–water partition coefficient (Wildman–Crippen LogP) is 5.93. The van der Waals surface area contributed by atoms with E-state index < -0.39 is 12.1 Å². The lowest BCUT2D eigenvalue weighted by atomic mass is 9.95. The fourth-order valence-corrected chi connectivity index (χ4v) is 4.67. The Morgan fingerprint density at radius 2 is 1.64 bits per heavy atom. The van der Waals surface area contributed by atoms with Crippen LogP contribution in [0.4, 0.5) is 11.4 Å². The summed E-state index contributed by atoms with van der Waals surface area (Å²) in [5, 5.41) is 14.8. The number of benzodiazepines with no additional fused rings is 1. The molecule has 0 bridgehead atoms. The largest absolute Gasteiger partial charge is 0.407 e. The third kappa shape index (κ3) is 7.10. The van der Waals surface area contributed by atoms with Gasteiger partial charge in [-0.1, -0.05) is 81.6 Å². The van der Waals surface area contributed by atoms with Crippen LogP contribution in [0, 0.1) is 5.41 Å². The molecular formula is C31H36N6O2. The molecule has 1 aliphatic heterocycles. The molecule has 0 radical (unpaired) electrons. The van der Waals surface area contributed by atoms with Crippen molar-refractivity contribution in [3.8, 4) is 0 Å². The van der Waals surface area contributed by atoms with E-state index in [1.807, 2.05) is 80.6 Å². The lowest BCUT2D eigenvalue weighted by molar-refractivity contribution is -0.117. The first-order valence-corrected chi connectivity index (χ1v) is 13.6. The Kier molecular flexibility index (Phi) is 9.45. The van der Waals surface area contributed by atoms with Gasteiger partial charge >= 0.3 is 0 Å². The van der Waals surface area contributed by atoms with E-state index >= 15 is 0 Å². The van der Waals surface area contributed by atoms with Crippen molar-refractivity contribution in [2.45, 2.75) is 58.2 Å². The maximum absolute atomic E-state index is 12.9. The molecular weight excluding hydrogens is 488 g/mol. The number of ether oxygens (including phenoxy) is 1. The van der Waals surface area contributed by atoms with Gasteiger partial charge in [-0.25, -0.2) is 4.99 Å². The lowest BCUT2D eigenvalue weighted by Gasteiger charge is -2.23. The van der Waals surface area contributed by atoms with E-state index in [1.54, 1.807) is 12.1 Å². The van der Waals surface area contributed by atoms with Gasteiger partial charge in [-0.15, -0.1) is 0 Å². The molecule has 0 aromatic heterocycles. The monoisotopic (exact) mass is 524 g/mol. The van der Waals surface area contributed by atoms with Crippen LogP contribution in [0.2, 0.25) is 0 Å². The van der Waals surface area contributed by atoms with Crippen molar-refractivity contribution < 1.29 is 9.53 Å². The number of fused-ring (bicyclic) bond motifs is 1. The molecule has 8 heteroatoms. The number of nitrogens with zero attached hydrogens (tertiary/aromatic N) is 2. The smallest absolute Gasteiger partial charge is 0.291 e. The molecule has 0 saturated heterocycles. The Hall–Kier alpha value is -4.46. The first-order valence-electron chi connectivity index (χ1n) is 13.6. The molecule has 0 spiro atoms. The van der Waals surface area contributed by atoms with E-state index in [1.165, 1.54) is 32.1 Å². The van der Waals surface area contributed by atoms with Gasteiger partial charge in [0.15, 0.2) is 0 Å². The predicted molar refractivity (Wildman–Crippen MR) is 159 cm³/mol. The Balaban J connectivity index is 0.00000172. The summed E-state index contributed by atoms with van der Waals surface area (Å²) in [6, 6.07) is 24.7. The number of hydrogen-bond donors (Lipinski definition) is 4. The van der Waals surface area contributed by atoms with Crippen LogP contribution in [0.25, 0.3) is 0 Å². The molecule has 1 heterocycles. The van der Waals surface area contributed by atoms with Gasteiger partial charge in [0.05, 0.1) is 11.4 Å². The summed E-state index contributed by atoms with van der Waals surface area (Å²) >= 11 is 0. The fraction of sp³-hybridized carbons (Fsp3) is 0.290. The normalized spacial score (nSPS) is 17.4. The number of para-hydroxylation sites is 1. The average molecular weight is 525 g/mol. The third-order valence-corrected chi connectivity index (χ3v) is 6.55. The Bertz CT molecular complexity index is 1330. The molecule has 1 aliphatic carbocycles. The highest BCUT2D eigenvalue weighted by atomic mass is 16.5. The van der Waals surface area contributed by atoms with Gasteiger partial charge in [0.25, 0.3) is 11.9 Å². The number of benzene rings is 3. The zero-order valence-corrected chi connectivity index (χ0v) is 22.5. The van der Waals surface area contributed by atoms with Crippen LogP contribution in [0.1, 0.15) is 62.6 Å². The summed E-state index contributed by atoms with van der Waals surface area (Å²) in [5.74, 6) is -0.593. The van der Waals surface area contributed by atoms with Crippen LogP contribution in [0.15, 0.2) is 88.8 Å². The highest BCUT2D eigenvalue weighted by molar-refractivity contribution is 6.19. The maximum Gasteiger partial charge on any atom is 0.291 e. The molecule has 39 heavy (non-hydrogen) atoms. The van der Waals surface area contributed by atoms with Crippen LogP contribution in [0.5, 0.6) is 0 Å². The summed E-state index contributed by atoms with van der Waals surface area (Å²) in [6.07, 6.45) is 5.02. The summed E-state index contributed by atoms with van der Waals surface area (Å²) in [5.41, 5.74) is 10.5. The van der Waals surface area contributed by atoms with E-state index in [2.05, 4.69) is 20.6 Å². The maximum atomic E-state index is 12.9. The van der Waals surface area contributed by atoms with Gasteiger partial charge in [-0.2, -0.15) is 4.99 Å². The Morgan fingerprint density at radius 1 is 0.974 bits per heavy atom. The molecule has 1 saturated carbocycles. The minimum Gasteiger partial charge on any atom is -0.407 e. The lowest BCUT2D eigenvalue weighted by Crippen LogP contribution is -2.29. The van der Waals surface area contributed by atoms with Crippen LogP contribution >= 0.6 is 0 Å². The number of hydrogen-bond acceptors (Lipinski definition) is 6. The number of rotatable bonds is 5. The van der Waals surface area contributed by atoms with E-state index in [0.29, 0.717) is 23.0 Å². The van der Waals surface area contributed by atoms with E-state index in [9.17, 15) is 4.79 Å². The van der Waals surface area contributed by atoms with Crippen molar-refractivity contribution in [2.75, 3.05) is 10.6 Å². The third-order valence-electron chi connectivity index (χ3n) is 6.55. The number of anilines is 2. The number of aliphatic imine (C=N–C) groups is 2. The van der Waals surface area contributed by atoms with Gasteiger partial charge in [-0.05, 0) is 43.2 Å². The van der Waals surface area contributed by atoms with Crippen LogP contribution < -0.4 is 16.4 Å². The number of nitrogens with one attached hydrogen (secondary N) is 3. The first-order chi connectivity index (χ1) is 19.1. The zero-order valence-electron chi connectivity index (χ0n) is 22.5. The van der Waals surface area contributed by atoms with E-state index in [4.69, 9.17) is 15.9 Å². The second kappa shape index (κ2) is 13.4. The molecule has 2 aliphatic rings. The fourth-order valence-electron chi connectivity index (χ4n) is 4.67. The summed E-state index contributed by atoms with van der Waals surface area (Å²) in [4.78, 5) is 21.8. The van der Waals surface area contributed by atoms with Crippen molar-refractivity contribution in [1.29, 1.82) is 5.41 Å². The topological polar surface area (TPSA) is 125 Å². The van der Waals surface area contributed by atoms with Crippen LogP contribution in [-0.2, 0) is 9.53 Å². The summed E-state index contributed by atoms with van der Waals surface area (Å²) in [6.45, 7) is 4.00. The first kappa shape index (κ1) is 27.6. The number of amidine groups is 1. The molecule has 3 aromatic carbocycles.